The second-order valence-corrected chi connectivity index (χ2v) is 10.7. The van der Waals surface area contributed by atoms with Gasteiger partial charge in [-0.25, -0.2) is 0 Å². The molecule has 0 saturated carbocycles. The number of benzene rings is 3. The number of phenolic OH excluding ortho intramolecular Hbond substituents is 1. The van der Waals surface area contributed by atoms with Crippen molar-refractivity contribution in [2.75, 3.05) is 26.2 Å². The number of aryl methyl sites for hydroxylation is 1. The maximum absolute atomic E-state index is 10.1. The van der Waals surface area contributed by atoms with Gasteiger partial charge in [0.25, 0.3) is 0 Å². The summed E-state index contributed by atoms with van der Waals surface area (Å²) in [6, 6.07) is 22.6. The minimum Gasteiger partial charge on any atom is -0.508 e. The first-order valence-electron chi connectivity index (χ1n) is 13.1. The monoisotopic (exact) mass is 497 g/mol. The van der Waals surface area contributed by atoms with Crippen molar-refractivity contribution in [3.05, 3.63) is 89.3 Å². The van der Waals surface area contributed by atoms with Gasteiger partial charge in [0.1, 0.15) is 18.1 Å². The van der Waals surface area contributed by atoms with E-state index in [1.165, 1.54) is 55.5 Å². The molecule has 3 aromatic carbocycles. The Balaban J connectivity index is 1.42. The fraction of sp³-hybridized carbons (Fsp3) is 0.312. The van der Waals surface area contributed by atoms with Crippen molar-refractivity contribution in [2.24, 2.45) is 0 Å². The summed E-state index contributed by atoms with van der Waals surface area (Å²) < 4.78 is 7.18. The van der Waals surface area contributed by atoms with Crippen molar-refractivity contribution >= 4 is 27.0 Å². The lowest BCUT2D eigenvalue weighted by molar-refractivity contribution is 0.214. The standard InChI is InChI=1S/C32H35NO2S/c1-3-24-10-6-7-11-28(24)23(2)32-31(29-17-14-26(34)22-30(29)36-32)25-12-15-27(16-13-25)35-21-20-33-18-8-4-5-9-19-33/h6-7,10-17,22,34H,2-5,8-9,18-21H2,1H3. The molecule has 36 heavy (non-hydrogen) atoms. The number of ether oxygens (including phenoxy) is 1. The summed E-state index contributed by atoms with van der Waals surface area (Å²) in [4.78, 5) is 3.67. The SMILES string of the molecule is C=C(c1ccccc1CC)c1sc2cc(O)ccc2c1-c1ccc(OCCN2CCCCCC2)cc1. The van der Waals surface area contributed by atoms with Gasteiger partial charge in [-0.2, -0.15) is 0 Å². The smallest absolute Gasteiger partial charge is 0.119 e. The van der Waals surface area contributed by atoms with Crippen LogP contribution in [-0.2, 0) is 6.42 Å². The molecule has 1 saturated heterocycles. The van der Waals surface area contributed by atoms with Crippen LogP contribution in [0, 0.1) is 0 Å². The summed E-state index contributed by atoms with van der Waals surface area (Å²) in [5, 5.41) is 11.3. The summed E-state index contributed by atoms with van der Waals surface area (Å²) in [6.45, 7) is 10.8. The third-order valence-electron chi connectivity index (χ3n) is 7.19. The Morgan fingerprint density at radius 3 is 2.47 bits per heavy atom. The fourth-order valence-corrected chi connectivity index (χ4v) is 6.44. The summed E-state index contributed by atoms with van der Waals surface area (Å²) in [6.07, 6.45) is 6.27. The van der Waals surface area contributed by atoms with Gasteiger partial charge in [0, 0.05) is 27.1 Å². The average Bonchev–Trinajstić information content (AvgIpc) is 3.08. The van der Waals surface area contributed by atoms with Crippen molar-refractivity contribution in [1.29, 1.82) is 0 Å². The molecule has 0 amide bonds. The quantitative estimate of drug-likeness (QED) is 0.267. The van der Waals surface area contributed by atoms with Gasteiger partial charge in [-0.15, -0.1) is 11.3 Å². The number of nitrogens with zero attached hydrogens (tertiary/aromatic N) is 1. The molecule has 0 radical (unpaired) electrons. The molecule has 186 valence electrons. The minimum absolute atomic E-state index is 0.287. The van der Waals surface area contributed by atoms with Crippen LogP contribution in [0.1, 0.15) is 48.6 Å². The highest BCUT2D eigenvalue weighted by Crippen LogP contribution is 2.45. The predicted octanol–water partition coefficient (Wildman–Crippen LogP) is 8.15. The van der Waals surface area contributed by atoms with Gasteiger partial charge >= 0.3 is 0 Å². The number of hydrogen-bond donors (Lipinski definition) is 1. The van der Waals surface area contributed by atoms with Crippen LogP contribution >= 0.6 is 11.3 Å². The first-order valence-corrected chi connectivity index (χ1v) is 13.9. The number of phenols is 1. The largest absolute Gasteiger partial charge is 0.508 e. The summed E-state index contributed by atoms with van der Waals surface area (Å²) in [5.41, 5.74) is 5.81. The maximum atomic E-state index is 10.1. The molecule has 1 fully saturated rings. The molecule has 3 nitrogen and oxygen atoms in total. The molecular weight excluding hydrogens is 462 g/mol. The van der Waals surface area contributed by atoms with E-state index in [9.17, 15) is 5.11 Å². The maximum Gasteiger partial charge on any atom is 0.119 e. The van der Waals surface area contributed by atoms with Gasteiger partial charge < -0.3 is 9.84 Å². The molecule has 1 N–H and O–H groups in total. The molecule has 4 aromatic rings. The summed E-state index contributed by atoms with van der Waals surface area (Å²) in [5.74, 6) is 1.19. The van der Waals surface area contributed by atoms with Crippen molar-refractivity contribution in [1.82, 2.24) is 4.90 Å². The second-order valence-electron chi connectivity index (χ2n) is 9.60. The minimum atomic E-state index is 0.287. The van der Waals surface area contributed by atoms with Gasteiger partial charge in [-0.05, 0) is 84.9 Å². The number of rotatable bonds is 8. The first kappa shape index (κ1) is 24.6. The number of aromatic hydroxyl groups is 1. The van der Waals surface area contributed by atoms with Crippen molar-refractivity contribution in [3.8, 4) is 22.6 Å². The Hall–Kier alpha value is -3.08. The van der Waals surface area contributed by atoms with Gasteiger partial charge in [0.2, 0.25) is 0 Å². The topological polar surface area (TPSA) is 32.7 Å². The van der Waals surface area contributed by atoms with Crippen molar-refractivity contribution < 1.29 is 9.84 Å². The Kier molecular flexibility index (Phi) is 7.74. The molecule has 1 aromatic heterocycles. The predicted molar refractivity (Wildman–Crippen MR) is 153 cm³/mol. The number of hydrogen-bond acceptors (Lipinski definition) is 4. The van der Waals surface area contributed by atoms with E-state index in [0.717, 1.165) is 51.4 Å². The molecule has 1 aliphatic rings. The zero-order valence-electron chi connectivity index (χ0n) is 21.1. The Bertz CT molecular complexity index is 1330. The molecule has 0 aliphatic carbocycles. The first-order chi connectivity index (χ1) is 17.6. The lowest BCUT2D eigenvalue weighted by Gasteiger charge is -2.19. The zero-order valence-corrected chi connectivity index (χ0v) is 21.9. The highest BCUT2D eigenvalue weighted by molar-refractivity contribution is 7.20. The molecule has 0 unspecified atom stereocenters. The van der Waals surface area contributed by atoms with Gasteiger partial charge in [0.05, 0.1) is 0 Å². The van der Waals surface area contributed by atoms with E-state index in [-0.39, 0.29) is 5.75 Å². The van der Waals surface area contributed by atoms with Gasteiger partial charge in [-0.1, -0.05) is 62.7 Å². The second kappa shape index (κ2) is 11.3. The molecule has 5 rings (SSSR count). The average molecular weight is 498 g/mol. The van der Waals surface area contributed by atoms with Crippen LogP contribution in [0.2, 0.25) is 0 Å². The number of fused-ring (bicyclic) bond motifs is 1. The van der Waals surface area contributed by atoms with Gasteiger partial charge in [-0.3, -0.25) is 4.90 Å². The zero-order chi connectivity index (χ0) is 24.9. The van der Waals surface area contributed by atoms with E-state index < -0.39 is 0 Å². The lowest BCUT2D eigenvalue weighted by atomic mass is 9.93. The van der Waals surface area contributed by atoms with Gasteiger partial charge in [0.15, 0.2) is 0 Å². The van der Waals surface area contributed by atoms with E-state index >= 15 is 0 Å². The number of likely N-dealkylation sites (tertiary alicyclic amines) is 1. The van der Waals surface area contributed by atoms with Crippen LogP contribution in [0.3, 0.4) is 0 Å². The van der Waals surface area contributed by atoms with E-state index in [2.05, 4.69) is 66.9 Å². The van der Waals surface area contributed by atoms with E-state index in [1.807, 2.05) is 12.1 Å². The molecule has 0 bridgehead atoms. The van der Waals surface area contributed by atoms with Crippen LogP contribution in [0.5, 0.6) is 11.5 Å². The van der Waals surface area contributed by atoms with Crippen molar-refractivity contribution in [3.63, 3.8) is 0 Å². The van der Waals surface area contributed by atoms with Crippen molar-refractivity contribution in [2.45, 2.75) is 39.0 Å². The Labute approximate surface area is 218 Å². The Morgan fingerprint density at radius 1 is 0.972 bits per heavy atom. The molecule has 4 heteroatoms. The van der Waals surface area contributed by atoms with Crippen LogP contribution in [0.15, 0.2) is 73.3 Å². The Morgan fingerprint density at radius 2 is 1.72 bits per heavy atom. The molecular formula is C32H35NO2S. The third kappa shape index (κ3) is 5.35. The van der Waals surface area contributed by atoms with Crippen LogP contribution < -0.4 is 4.74 Å². The highest BCUT2D eigenvalue weighted by Gasteiger charge is 2.19. The third-order valence-corrected chi connectivity index (χ3v) is 8.40. The molecule has 2 heterocycles. The number of thiophene rings is 1. The van der Waals surface area contributed by atoms with E-state index in [0.29, 0.717) is 0 Å². The van der Waals surface area contributed by atoms with Crippen LogP contribution in [-0.4, -0.2) is 36.2 Å². The van der Waals surface area contributed by atoms with E-state index in [4.69, 9.17) is 4.74 Å². The van der Waals surface area contributed by atoms with Crippen LogP contribution in [0.4, 0.5) is 0 Å². The lowest BCUT2D eigenvalue weighted by Crippen LogP contribution is -2.29. The fourth-order valence-electron chi connectivity index (χ4n) is 5.20. The molecule has 0 atom stereocenters. The van der Waals surface area contributed by atoms with E-state index in [1.54, 1.807) is 17.4 Å². The summed E-state index contributed by atoms with van der Waals surface area (Å²) in [7, 11) is 0. The van der Waals surface area contributed by atoms with Crippen LogP contribution in [0.25, 0.3) is 26.8 Å². The molecule has 0 spiro atoms. The molecule has 1 aliphatic heterocycles. The summed E-state index contributed by atoms with van der Waals surface area (Å²) >= 11 is 1.69. The normalized spacial score (nSPS) is 14.6. The highest BCUT2D eigenvalue weighted by atomic mass is 32.1.